The third kappa shape index (κ3) is 5.14. The summed E-state index contributed by atoms with van der Waals surface area (Å²) >= 11 is 0. The second-order valence-corrected chi connectivity index (χ2v) is 12.6. The number of Topliss-reactive ketones (excluding diaryl/α,β-unsaturated/α-hetero) is 2. The third-order valence-corrected chi connectivity index (χ3v) is 8.11. The highest BCUT2D eigenvalue weighted by atomic mass is 16.6. The molecule has 2 aromatic rings. The van der Waals surface area contributed by atoms with Crippen LogP contribution in [0.5, 0.6) is 11.5 Å². The van der Waals surface area contributed by atoms with E-state index >= 15 is 0 Å². The topological polar surface area (TPSA) is 133 Å². The van der Waals surface area contributed by atoms with Crippen molar-refractivity contribution in [2.75, 3.05) is 6.54 Å². The first kappa shape index (κ1) is 28.2. The fourth-order valence-corrected chi connectivity index (χ4v) is 6.50. The van der Waals surface area contributed by atoms with Gasteiger partial charge in [0.1, 0.15) is 5.75 Å². The summed E-state index contributed by atoms with van der Waals surface area (Å²) in [7, 11) is 0. The van der Waals surface area contributed by atoms with Crippen molar-refractivity contribution < 1.29 is 24.2 Å². The number of benzene rings is 2. The van der Waals surface area contributed by atoms with Gasteiger partial charge in [0.2, 0.25) is 5.75 Å². The first-order valence-electron chi connectivity index (χ1n) is 13.7. The quantitative estimate of drug-likeness (QED) is 0.273. The third-order valence-electron chi connectivity index (χ3n) is 8.11. The number of nitrogens with zero attached hydrogens (tertiary/aromatic N) is 3. The van der Waals surface area contributed by atoms with Crippen LogP contribution in [0, 0.1) is 31.1 Å². The van der Waals surface area contributed by atoms with Crippen LogP contribution in [0.4, 0.5) is 11.4 Å². The van der Waals surface area contributed by atoms with Gasteiger partial charge in [0, 0.05) is 53.9 Å². The van der Waals surface area contributed by atoms with Crippen LogP contribution in [-0.4, -0.2) is 32.9 Å². The van der Waals surface area contributed by atoms with Crippen molar-refractivity contribution >= 4 is 22.9 Å². The normalized spacial score (nSPS) is 20.1. The summed E-state index contributed by atoms with van der Waals surface area (Å²) < 4.78 is 5.89. The van der Waals surface area contributed by atoms with Crippen LogP contribution in [0.3, 0.4) is 0 Å². The molecular weight excluding hydrogens is 526 g/mol. The highest BCUT2D eigenvalue weighted by Crippen LogP contribution is 2.54. The Hall–Kier alpha value is -4.34. The minimum atomic E-state index is -0.730. The number of ketones is 2. The number of hydrogen-bond donors (Lipinski definition) is 0. The molecule has 0 radical (unpaired) electrons. The largest absolute Gasteiger partial charge is 0.450 e. The average Bonchev–Trinajstić information content (AvgIpc) is 2.86. The molecule has 214 valence electrons. The molecule has 0 saturated carbocycles. The number of rotatable bonds is 6. The molecule has 0 bridgehead atoms. The fraction of sp³-hybridized carbons (Fsp3) is 0.419. The number of non-ortho nitro benzene ring substituents is 1. The van der Waals surface area contributed by atoms with Crippen LogP contribution in [-0.2, 0) is 9.59 Å². The number of nitro benzene ring substituents is 2. The molecule has 10 nitrogen and oxygen atoms in total. The van der Waals surface area contributed by atoms with Gasteiger partial charge >= 0.3 is 5.69 Å². The molecule has 10 heteroatoms. The highest BCUT2D eigenvalue weighted by Gasteiger charge is 2.48. The van der Waals surface area contributed by atoms with Gasteiger partial charge in [-0.15, -0.1) is 0 Å². The second-order valence-electron chi connectivity index (χ2n) is 12.6. The van der Waals surface area contributed by atoms with Crippen molar-refractivity contribution in [2.24, 2.45) is 10.8 Å². The summed E-state index contributed by atoms with van der Waals surface area (Å²) in [6.07, 6.45) is 2.14. The summed E-state index contributed by atoms with van der Waals surface area (Å²) in [4.78, 5) is 51.2. The molecule has 0 atom stereocenters. The lowest BCUT2D eigenvalue weighted by Crippen LogP contribution is -2.44. The van der Waals surface area contributed by atoms with Crippen LogP contribution in [0.25, 0.3) is 0 Å². The van der Waals surface area contributed by atoms with Gasteiger partial charge < -0.3 is 9.64 Å². The lowest BCUT2D eigenvalue weighted by Gasteiger charge is -2.48. The molecule has 0 saturated heterocycles. The Morgan fingerprint density at radius 1 is 0.854 bits per heavy atom. The maximum Gasteiger partial charge on any atom is 0.318 e. The molecule has 1 aliphatic heterocycles. The van der Waals surface area contributed by atoms with Gasteiger partial charge in [0.25, 0.3) is 5.69 Å². The number of carbonyl (C=O) groups is 2. The minimum Gasteiger partial charge on any atom is -0.450 e. The van der Waals surface area contributed by atoms with Gasteiger partial charge in [-0.2, -0.15) is 0 Å². The summed E-state index contributed by atoms with van der Waals surface area (Å²) in [6, 6.07) is 10.1. The first-order valence-corrected chi connectivity index (χ1v) is 13.7. The summed E-state index contributed by atoms with van der Waals surface area (Å²) in [5.41, 5.74) is 2.47. The Kier molecular flexibility index (Phi) is 6.83. The maximum absolute atomic E-state index is 13.8. The van der Waals surface area contributed by atoms with Crippen molar-refractivity contribution in [1.82, 2.24) is 4.90 Å². The van der Waals surface area contributed by atoms with E-state index in [2.05, 4.69) is 32.6 Å². The van der Waals surface area contributed by atoms with Gasteiger partial charge in [0.15, 0.2) is 11.6 Å². The number of carbonyl (C=O) groups excluding carboxylic acids is 2. The lowest BCUT2D eigenvalue weighted by molar-refractivity contribution is -0.394. The zero-order chi connectivity index (χ0) is 29.9. The molecule has 0 N–H and O–H groups in total. The van der Waals surface area contributed by atoms with Crippen LogP contribution >= 0.6 is 0 Å². The summed E-state index contributed by atoms with van der Waals surface area (Å²) in [6.45, 7) is 11.0. The Morgan fingerprint density at radius 2 is 1.44 bits per heavy atom. The van der Waals surface area contributed by atoms with Crippen LogP contribution in [0.2, 0.25) is 0 Å². The molecule has 0 unspecified atom stereocenters. The molecule has 41 heavy (non-hydrogen) atoms. The molecule has 0 aromatic heterocycles. The number of ether oxygens (including phenoxy) is 1. The average molecular weight is 560 g/mol. The Bertz CT molecular complexity index is 1510. The zero-order valence-electron chi connectivity index (χ0n) is 23.9. The minimum absolute atomic E-state index is 0.0150. The standard InChI is InChI=1S/C31H33N3O7/c1-6-32-22-14-30(2,3)16-24(35)28(22)27(29-23(32)15-31(4,5)17-25(29)36)18-8-7-9-20(12-18)41-26-11-10-19(33(37)38)13-21(26)34(39)40/h7-13,27H,6,14-17H2,1-5H3. The molecule has 3 aliphatic rings. The number of hydrogen-bond acceptors (Lipinski definition) is 8. The SMILES string of the molecule is CCN1C2=C(C(=O)CC(C)(C)C2)C(c2cccc(Oc3ccc([N+](=O)[O-])cc3[N+](=O)[O-])c2)C2=C1CC(C)(C)CC2=O. The van der Waals surface area contributed by atoms with E-state index in [1.807, 2.05) is 13.0 Å². The highest BCUT2D eigenvalue weighted by molar-refractivity contribution is 6.06. The van der Waals surface area contributed by atoms with E-state index in [4.69, 9.17) is 4.74 Å². The Labute approximate surface area is 238 Å². The van der Waals surface area contributed by atoms with Crippen LogP contribution in [0.1, 0.15) is 71.8 Å². The number of allylic oxidation sites excluding steroid dienone is 4. The van der Waals surface area contributed by atoms with Gasteiger partial charge in [-0.1, -0.05) is 39.8 Å². The van der Waals surface area contributed by atoms with Crippen molar-refractivity contribution in [2.45, 2.75) is 66.2 Å². The Balaban J connectivity index is 1.65. The second kappa shape index (κ2) is 9.94. The molecule has 2 aliphatic carbocycles. The van der Waals surface area contributed by atoms with Crippen molar-refractivity contribution in [1.29, 1.82) is 0 Å². The first-order chi connectivity index (χ1) is 19.2. The van der Waals surface area contributed by atoms with Gasteiger partial charge in [-0.3, -0.25) is 29.8 Å². The van der Waals surface area contributed by atoms with Gasteiger partial charge in [0.05, 0.1) is 15.9 Å². The van der Waals surface area contributed by atoms with Crippen molar-refractivity contribution in [3.63, 3.8) is 0 Å². The van der Waals surface area contributed by atoms with Crippen molar-refractivity contribution in [3.8, 4) is 11.5 Å². The smallest absolute Gasteiger partial charge is 0.318 e. The molecule has 0 fully saturated rings. The van der Waals surface area contributed by atoms with E-state index in [0.29, 0.717) is 48.9 Å². The van der Waals surface area contributed by atoms with E-state index in [1.165, 1.54) is 6.07 Å². The van der Waals surface area contributed by atoms with Gasteiger partial charge in [-0.05, 0) is 54.4 Å². The molecule has 1 heterocycles. The van der Waals surface area contributed by atoms with Crippen LogP contribution in [0.15, 0.2) is 65.0 Å². The van der Waals surface area contributed by atoms with E-state index in [0.717, 1.165) is 23.5 Å². The van der Waals surface area contributed by atoms with E-state index in [1.54, 1.807) is 18.2 Å². The lowest BCUT2D eigenvalue weighted by atomic mass is 9.63. The van der Waals surface area contributed by atoms with Gasteiger partial charge in [-0.25, -0.2) is 0 Å². The molecular formula is C31H33N3O7. The molecule has 5 rings (SSSR count). The van der Waals surface area contributed by atoms with Crippen molar-refractivity contribution in [3.05, 3.63) is 90.8 Å². The molecule has 0 spiro atoms. The maximum atomic E-state index is 13.8. The Morgan fingerprint density at radius 3 is 1.95 bits per heavy atom. The molecule has 2 aromatic carbocycles. The zero-order valence-corrected chi connectivity index (χ0v) is 23.9. The van der Waals surface area contributed by atoms with E-state index < -0.39 is 27.1 Å². The predicted octanol–water partition coefficient (Wildman–Crippen LogP) is 7.00. The molecule has 0 amide bonds. The number of nitro groups is 2. The summed E-state index contributed by atoms with van der Waals surface area (Å²) in [5.74, 6) is -0.439. The fourth-order valence-electron chi connectivity index (χ4n) is 6.50. The predicted molar refractivity (Wildman–Crippen MR) is 151 cm³/mol. The van der Waals surface area contributed by atoms with E-state index in [-0.39, 0.29) is 33.9 Å². The van der Waals surface area contributed by atoms with Crippen LogP contribution < -0.4 is 4.74 Å². The monoisotopic (exact) mass is 559 g/mol. The van der Waals surface area contributed by atoms with E-state index in [9.17, 15) is 29.8 Å². The summed E-state index contributed by atoms with van der Waals surface area (Å²) in [5, 5.41) is 22.8.